The summed E-state index contributed by atoms with van der Waals surface area (Å²) >= 11 is 1.35. The topological polar surface area (TPSA) is 54.0 Å². The van der Waals surface area contributed by atoms with Crippen LogP contribution in [0, 0.1) is 12.8 Å². The van der Waals surface area contributed by atoms with Crippen LogP contribution < -0.4 is 10.6 Å². The van der Waals surface area contributed by atoms with E-state index in [0.29, 0.717) is 11.5 Å². The van der Waals surface area contributed by atoms with E-state index in [-0.39, 0.29) is 5.91 Å². The molecule has 1 amide bonds. The third-order valence-corrected chi connectivity index (χ3v) is 5.05. The number of rotatable bonds is 4. The van der Waals surface area contributed by atoms with Crippen molar-refractivity contribution in [3.05, 3.63) is 11.3 Å². The molecule has 0 aliphatic heterocycles. The number of anilines is 1. The molecule has 1 saturated carbocycles. The number of nitrogens with zero attached hydrogens (tertiary/aromatic N) is 1. The molecule has 1 aromatic heterocycles. The SMILES string of the molecule is CNc1snc(C)c1C(=O)NCC1CCCCCCC1. The average molecular weight is 295 g/mol. The first kappa shape index (κ1) is 15.3. The van der Waals surface area contributed by atoms with Crippen molar-refractivity contribution in [2.45, 2.75) is 51.9 Å². The van der Waals surface area contributed by atoms with Crippen LogP contribution in [0.25, 0.3) is 0 Å². The van der Waals surface area contributed by atoms with Crippen molar-refractivity contribution in [3.63, 3.8) is 0 Å². The summed E-state index contributed by atoms with van der Waals surface area (Å²) in [7, 11) is 1.83. The van der Waals surface area contributed by atoms with Gasteiger partial charge in [0.1, 0.15) is 5.00 Å². The number of amides is 1. The first-order valence-corrected chi connectivity index (χ1v) is 8.42. The molecule has 1 aliphatic carbocycles. The van der Waals surface area contributed by atoms with E-state index in [0.717, 1.165) is 17.2 Å². The first-order valence-electron chi connectivity index (χ1n) is 7.64. The molecule has 2 N–H and O–H groups in total. The fraction of sp³-hybridized carbons (Fsp3) is 0.733. The molecule has 20 heavy (non-hydrogen) atoms. The predicted molar refractivity (Wildman–Crippen MR) is 84.5 cm³/mol. The van der Waals surface area contributed by atoms with Crippen molar-refractivity contribution in [2.75, 3.05) is 18.9 Å². The maximum atomic E-state index is 12.3. The lowest BCUT2D eigenvalue weighted by Gasteiger charge is -2.20. The summed E-state index contributed by atoms with van der Waals surface area (Å²) in [6.45, 7) is 2.69. The molecule has 1 fully saturated rings. The Labute approximate surface area is 125 Å². The van der Waals surface area contributed by atoms with E-state index in [9.17, 15) is 4.79 Å². The van der Waals surface area contributed by atoms with Gasteiger partial charge in [-0.25, -0.2) is 0 Å². The molecule has 0 unspecified atom stereocenters. The van der Waals surface area contributed by atoms with Crippen molar-refractivity contribution in [3.8, 4) is 0 Å². The molecule has 0 spiro atoms. The van der Waals surface area contributed by atoms with Crippen LogP contribution in [-0.2, 0) is 0 Å². The highest BCUT2D eigenvalue weighted by molar-refractivity contribution is 7.10. The van der Waals surface area contributed by atoms with Crippen LogP contribution in [-0.4, -0.2) is 23.9 Å². The fourth-order valence-corrected chi connectivity index (χ4v) is 3.62. The van der Waals surface area contributed by atoms with Gasteiger partial charge in [-0.1, -0.05) is 32.1 Å². The third kappa shape index (κ3) is 3.95. The van der Waals surface area contributed by atoms with Gasteiger partial charge in [0.2, 0.25) is 0 Å². The van der Waals surface area contributed by atoms with Gasteiger partial charge in [0.15, 0.2) is 0 Å². The van der Waals surface area contributed by atoms with Crippen LogP contribution in [0.2, 0.25) is 0 Å². The van der Waals surface area contributed by atoms with Crippen LogP contribution in [0.3, 0.4) is 0 Å². The highest BCUT2D eigenvalue weighted by Gasteiger charge is 2.19. The number of aryl methyl sites for hydroxylation is 1. The minimum atomic E-state index is 0.0164. The van der Waals surface area contributed by atoms with E-state index >= 15 is 0 Å². The molecule has 0 radical (unpaired) electrons. The lowest BCUT2D eigenvalue weighted by atomic mass is 9.91. The molecule has 1 aliphatic rings. The van der Waals surface area contributed by atoms with Gasteiger partial charge in [0.25, 0.3) is 5.91 Å². The second-order valence-electron chi connectivity index (χ2n) is 5.64. The zero-order chi connectivity index (χ0) is 14.4. The predicted octanol–water partition coefficient (Wildman–Crippen LogP) is 3.58. The molecule has 2 rings (SSSR count). The van der Waals surface area contributed by atoms with Crippen molar-refractivity contribution in [2.24, 2.45) is 5.92 Å². The zero-order valence-electron chi connectivity index (χ0n) is 12.5. The monoisotopic (exact) mass is 295 g/mol. The van der Waals surface area contributed by atoms with E-state index in [2.05, 4.69) is 15.0 Å². The zero-order valence-corrected chi connectivity index (χ0v) is 13.3. The minimum Gasteiger partial charge on any atom is -0.378 e. The Kier molecular flexibility index (Phi) is 5.83. The first-order chi connectivity index (χ1) is 9.72. The molecule has 0 bridgehead atoms. The second kappa shape index (κ2) is 7.62. The fourth-order valence-electron chi connectivity index (χ4n) is 2.88. The molecule has 112 valence electrons. The number of aromatic nitrogens is 1. The van der Waals surface area contributed by atoms with Gasteiger partial charge in [-0.2, -0.15) is 4.37 Å². The van der Waals surface area contributed by atoms with Gasteiger partial charge >= 0.3 is 0 Å². The smallest absolute Gasteiger partial charge is 0.256 e. The number of carbonyl (C=O) groups is 1. The van der Waals surface area contributed by atoms with E-state index in [1.54, 1.807) is 0 Å². The summed E-state index contributed by atoms with van der Waals surface area (Å²) in [5.74, 6) is 0.659. The molecule has 0 atom stereocenters. The Morgan fingerprint density at radius 2 is 1.90 bits per heavy atom. The Hall–Kier alpha value is -1.10. The molecule has 0 saturated heterocycles. The van der Waals surface area contributed by atoms with E-state index in [1.807, 2.05) is 14.0 Å². The normalized spacial score (nSPS) is 17.3. The number of carbonyl (C=O) groups excluding carboxylic acids is 1. The van der Waals surface area contributed by atoms with Crippen molar-refractivity contribution < 1.29 is 4.79 Å². The maximum Gasteiger partial charge on any atom is 0.256 e. The molecule has 0 aromatic carbocycles. The highest BCUT2D eigenvalue weighted by Crippen LogP contribution is 2.25. The summed E-state index contributed by atoms with van der Waals surface area (Å²) in [4.78, 5) is 12.3. The molecular formula is C15H25N3OS. The quantitative estimate of drug-likeness (QED) is 0.892. The third-order valence-electron chi connectivity index (χ3n) is 4.09. The van der Waals surface area contributed by atoms with Crippen LogP contribution in [0.1, 0.15) is 61.0 Å². The maximum absolute atomic E-state index is 12.3. The van der Waals surface area contributed by atoms with E-state index in [1.165, 1.54) is 56.5 Å². The van der Waals surface area contributed by atoms with Crippen LogP contribution >= 0.6 is 11.5 Å². The van der Waals surface area contributed by atoms with Gasteiger partial charge in [-0.3, -0.25) is 4.79 Å². The summed E-state index contributed by atoms with van der Waals surface area (Å²) in [5, 5.41) is 7.01. The van der Waals surface area contributed by atoms with E-state index in [4.69, 9.17) is 0 Å². The summed E-state index contributed by atoms with van der Waals surface area (Å²) < 4.78 is 4.25. The second-order valence-corrected chi connectivity index (χ2v) is 6.42. The molecule has 1 heterocycles. The Morgan fingerprint density at radius 3 is 2.55 bits per heavy atom. The lowest BCUT2D eigenvalue weighted by Crippen LogP contribution is -2.30. The summed E-state index contributed by atoms with van der Waals surface area (Å²) in [5.41, 5.74) is 1.53. The van der Waals surface area contributed by atoms with Gasteiger partial charge in [0, 0.05) is 13.6 Å². The Balaban J connectivity index is 1.89. The largest absolute Gasteiger partial charge is 0.378 e. The van der Waals surface area contributed by atoms with Crippen LogP contribution in [0.5, 0.6) is 0 Å². The number of nitrogens with one attached hydrogen (secondary N) is 2. The van der Waals surface area contributed by atoms with Crippen molar-refractivity contribution >= 4 is 22.4 Å². The molecule has 5 heteroatoms. The average Bonchev–Trinajstić information content (AvgIpc) is 2.78. The molecule has 4 nitrogen and oxygen atoms in total. The Morgan fingerprint density at radius 1 is 1.25 bits per heavy atom. The lowest BCUT2D eigenvalue weighted by molar-refractivity contribution is 0.0945. The Bertz CT molecular complexity index is 436. The number of hydrogen-bond acceptors (Lipinski definition) is 4. The highest BCUT2D eigenvalue weighted by atomic mass is 32.1. The summed E-state index contributed by atoms with van der Waals surface area (Å²) in [6, 6.07) is 0. The standard InChI is InChI=1S/C15H25N3OS/c1-11-13(15(16-2)20-18-11)14(19)17-10-12-8-6-4-3-5-7-9-12/h12,16H,3-10H2,1-2H3,(H,17,19). The van der Waals surface area contributed by atoms with Crippen LogP contribution in [0.4, 0.5) is 5.00 Å². The van der Waals surface area contributed by atoms with Crippen molar-refractivity contribution in [1.29, 1.82) is 0 Å². The van der Waals surface area contributed by atoms with Gasteiger partial charge in [-0.05, 0) is 37.2 Å². The van der Waals surface area contributed by atoms with Gasteiger partial charge < -0.3 is 10.6 Å². The van der Waals surface area contributed by atoms with Gasteiger partial charge in [0.05, 0.1) is 11.3 Å². The van der Waals surface area contributed by atoms with Crippen LogP contribution in [0.15, 0.2) is 0 Å². The van der Waals surface area contributed by atoms with Crippen molar-refractivity contribution in [1.82, 2.24) is 9.69 Å². The van der Waals surface area contributed by atoms with E-state index < -0.39 is 0 Å². The van der Waals surface area contributed by atoms with Gasteiger partial charge in [-0.15, -0.1) is 0 Å². The summed E-state index contributed by atoms with van der Waals surface area (Å²) in [6.07, 6.45) is 9.19. The minimum absolute atomic E-state index is 0.0164. The molecule has 1 aromatic rings. The molecular weight excluding hydrogens is 270 g/mol. The number of hydrogen-bond donors (Lipinski definition) is 2.